The Hall–Kier alpha value is -0.960. The number of hydrogen-bond donors (Lipinski definition) is 2. The second-order valence-corrected chi connectivity index (χ2v) is 10.5. The van der Waals surface area contributed by atoms with Gasteiger partial charge in [0, 0.05) is 18.2 Å². The van der Waals surface area contributed by atoms with Crippen LogP contribution in [0.15, 0.2) is 24.3 Å². The molecule has 14 heteroatoms. The highest BCUT2D eigenvalue weighted by atomic mass is 35.5. The molecule has 0 spiro atoms. The summed E-state index contributed by atoms with van der Waals surface area (Å²) in [5, 5.41) is 19.7. The van der Waals surface area contributed by atoms with E-state index < -0.39 is 30.4 Å². The second-order valence-electron chi connectivity index (χ2n) is 10.1. The Morgan fingerprint density at radius 1 is 1.05 bits per heavy atom. The first-order valence-corrected chi connectivity index (χ1v) is 13.0. The monoisotopic (exact) mass is 634 g/mol. The van der Waals surface area contributed by atoms with Crippen molar-refractivity contribution in [2.45, 2.75) is 56.8 Å². The SMILES string of the molecule is CN(C)CCCOC1C(C(O)CO)OC2OC(C)(C)OC21.CN(C)CCOC(=O)COc1ccc(Cl)cc1.Cl.Cl. The number of ether oxygens (including phenoxy) is 6. The van der Waals surface area contributed by atoms with E-state index in [4.69, 9.17) is 45.1 Å². The van der Waals surface area contributed by atoms with E-state index in [0.717, 1.165) is 13.0 Å². The van der Waals surface area contributed by atoms with E-state index in [2.05, 4.69) is 4.90 Å². The molecule has 5 unspecified atom stereocenters. The van der Waals surface area contributed by atoms with E-state index in [1.165, 1.54) is 0 Å². The van der Waals surface area contributed by atoms with Crippen LogP contribution in [0.4, 0.5) is 0 Å². The van der Waals surface area contributed by atoms with Gasteiger partial charge in [0.1, 0.15) is 36.8 Å². The predicted octanol–water partition coefficient (Wildman–Crippen LogP) is 2.22. The largest absolute Gasteiger partial charge is 0.482 e. The van der Waals surface area contributed by atoms with Gasteiger partial charge in [-0.25, -0.2) is 4.79 Å². The number of hydrogen-bond acceptors (Lipinski definition) is 11. The minimum absolute atomic E-state index is 0. The molecule has 1 aromatic carbocycles. The number of nitrogens with zero attached hydrogens (tertiary/aromatic N) is 2. The zero-order valence-electron chi connectivity index (χ0n) is 24.0. The predicted molar refractivity (Wildman–Crippen MR) is 156 cm³/mol. The summed E-state index contributed by atoms with van der Waals surface area (Å²) in [6, 6.07) is 6.81. The van der Waals surface area contributed by atoms with Crippen LogP contribution >= 0.6 is 36.4 Å². The Bertz CT molecular complexity index is 834. The number of benzene rings is 1. The lowest BCUT2D eigenvalue weighted by molar-refractivity contribution is -0.231. The number of likely N-dealkylation sites (N-methyl/N-ethyl adjacent to an activating group) is 1. The van der Waals surface area contributed by atoms with Crippen LogP contribution in [0, 0.1) is 0 Å². The molecule has 2 aliphatic heterocycles. The smallest absolute Gasteiger partial charge is 0.344 e. The quantitative estimate of drug-likeness (QED) is 0.245. The van der Waals surface area contributed by atoms with Crippen molar-refractivity contribution < 1.29 is 43.4 Å². The van der Waals surface area contributed by atoms with Crippen molar-refractivity contribution in [1.82, 2.24) is 9.80 Å². The van der Waals surface area contributed by atoms with Crippen LogP contribution < -0.4 is 4.74 Å². The van der Waals surface area contributed by atoms with Gasteiger partial charge in [-0.15, -0.1) is 24.8 Å². The summed E-state index contributed by atoms with van der Waals surface area (Å²) in [5.41, 5.74) is 0. The lowest BCUT2D eigenvalue weighted by Crippen LogP contribution is -2.44. The van der Waals surface area contributed by atoms with Crippen molar-refractivity contribution in [3.8, 4) is 5.75 Å². The summed E-state index contributed by atoms with van der Waals surface area (Å²) in [7, 11) is 7.84. The Labute approximate surface area is 254 Å². The maximum atomic E-state index is 11.3. The number of rotatable bonds is 13. The van der Waals surface area contributed by atoms with Crippen molar-refractivity contribution in [1.29, 1.82) is 0 Å². The molecule has 0 radical (unpaired) electrons. The van der Waals surface area contributed by atoms with Gasteiger partial charge in [-0.3, -0.25) is 0 Å². The van der Waals surface area contributed by atoms with E-state index >= 15 is 0 Å². The van der Waals surface area contributed by atoms with Gasteiger partial charge in [-0.2, -0.15) is 0 Å². The summed E-state index contributed by atoms with van der Waals surface area (Å²) >= 11 is 5.72. The standard InChI is InChI=1S/C14H27NO6.C12H16ClNO3.2ClH/c1-14(2)20-12-11(18-7-5-6-15(3)4)10(9(17)8-16)19-13(12)21-14;1-14(2)7-8-16-12(15)9-17-11-5-3-10(13)4-6-11;;/h9-13,16-17H,5-8H2,1-4H3;3-6H,7-9H2,1-2H3;2*1H. The lowest BCUT2D eigenvalue weighted by Gasteiger charge is -2.28. The van der Waals surface area contributed by atoms with Crippen LogP contribution in [0.1, 0.15) is 20.3 Å². The van der Waals surface area contributed by atoms with Gasteiger partial charge >= 0.3 is 5.97 Å². The van der Waals surface area contributed by atoms with Crippen molar-refractivity contribution in [2.24, 2.45) is 0 Å². The number of fused-ring (bicyclic) bond motifs is 1. The number of carbonyl (C=O) groups is 1. The second kappa shape index (κ2) is 19.3. The Kier molecular flexibility index (Phi) is 18.8. The highest BCUT2D eigenvalue weighted by Crippen LogP contribution is 2.39. The normalized spacial score (nSPS) is 23.4. The van der Waals surface area contributed by atoms with E-state index in [1.807, 2.05) is 46.9 Å². The van der Waals surface area contributed by atoms with E-state index in [9.17, 15) is 9.90 Å². The van der Waals surface area contributed by atoms with Gasteiger partial charge in [-0.1, -0.05) is 11.6 Å². The van der Waals surface area contributed by atoms with Crippen LogP contribution in [0.25, 0.3) is 0 Å². The number of aliphatic hydroxyl groups is 2. The van der Waals surface area contributed by atoms with Crippen LogP contribution in [0.3, 0.4) is 0 Å². The van der Waals surface area contributed by atoms with Crippen molar-refractivity contribution >= 4 is 42.4 Å². The van der Waals surface area contributed by atoms with E-state index in [-0.39, 0.29) is 50.1 Å². The zero-order valence-corrected chi connectivity index (χ0v) is 26.4. The van der Waals surface area contributed by atoms with Crippen LogP contribution in [0.2, 0.25) is 5.02 Å². The van der Waals surface area contributed by atoms with Crippen molar-refractivity contribution in [3.05, 3.63) is 29.3 Å². The first-order chi connectivity index (χ1) is 17.9. The highest BCUT2D eigenvalue weighted by molar-refractivity contribution is 6.30. The minimum atomic E-state index is -1.01. The molecule has 1 aromatic rings. The van der Waals surface area contributed by atoms with Gasteiger partial charge in [0.05, 0.1) is 6.61 Å². The molecule has 0 aromatic heterocycles. The van der Waals surface area contributed by atoms with Gasteiger partial charge in [0.25, 0.3) is 0 Å². The number of esters is 1. The number of halogens is 3. The topological polar surface area (TPSA) is 119 Å². The molecule has 2 saturated heterocycles. The molecular formula is C26H45Cl3N2O9. The fourth-order valence-electron chi connectivity index (χ4n) is 3.76. The number of carbonyl (C=O) groups excluding carboxylic acids is 1. The van der Waals surface area contributed by atoms with Crippen LogP contribution in [-0.4, -0.2) is 130 Å². The fourth-order valence-corrected chi connectivity index (χ4v) is 3.89. The molecular weight excluding hydrogens is 591 g/mol. The Balaban J connectivity index is 0.000000740. The van der Waals surface area contributed by atoms with Crippen LogP contribution in [-0.2, 0) is 28.5 Å². The molecule has 40 heavy (non-hydrogen) atoms. The minimum Gasteiger partial charge on any atom is -0.482 e. The Morgan fingerprint density at radius 3 is 2.25 bits per heavy atom. The lowest BCUT2D eigenvalue weighted by atomic mass is 10.1. The van der Waals surface area contributed by atoms with Gasteiger partial charge < -0.3 is 48.4 Å². The average molecular weight is 636 g/mol. The molecule has 3 rings (SSSR count). The summed E-state index contributed by atoms with van der Waals surface area (Å²) in [6.07, 6.45) is -2.17. The molecule has 0 bridgehead atoms. The summed E-state index contributed by atoms with van der Waals surface area (Å²) in [6.45, 7) is 5.68. The Morgan fingerprint density at radius 2 is 1.68 bits per heavy atom. The fraction of sp³-hybridized carbons (Fsp3) is 0.731. The summed E-state index contributed by atoms with van der Waals surface area (Å²) in [4.78, 5) is 15.3. The first kappa shape index (κ1) is 39.0. The maximum Gasteiger partial charge on any atom is 0.344 e. The van der Waals surface area contributed by atoms with Crippen LogP contribution in [0.5, 0.6) is 5.75 Å². The summed E-state index contributed by atoms with van der Waals surface area (Å²) < 4.78 is 33.2. The van der Waals surface area contributed by atoms with E-state index in [0.29, 0.717) is 30.5 Å². The van der Waals surface area contributed by atoms with Gasteiger partial charge in [0.15, 0.2) is 18.7 Å². The number of aliphatic hydroxyl groups excluding tert-OH is 2. The summed E-state index contributed by atoms with van der Waals surface area (Å²) in [5.74, 6) is -0.504. The molecule has 2 heterocycles. The zero-order chi connectivity index (χ0) is 28.3. The molecule has 0 saturated carbocycles. The third-order valence-corrected chi connectivity index (χ3v) is 5.88. The first-order valence-electron chi connectivity index (χ1n) is 12.7. The molecule has 234 valence electrons. The van der Waals surface area contributed by atoms with E-state index in [1.54, 1.807) is 24.3 Å². The van der Waals surface area contributed by atoms with Crippen molar-refractivity contribution in [3.63, 3.8) is 0 Å². The molecule has 2 fully saturated rings. The molecule has 2 N–H and O–H groups in total. The average Bonchev–Trinajstić information content (AvgIpc) is 3.32. The van der Waals surface area contributed by atoms with Crippen molar-refractivity contribution in [2.75, 3.05) is 67.7 Å². The third-order valence-electron chi connectivity index (χ3n) is 5.63. The molecule has 5 atom stereocenters. The molecule has 2 aliphatic rings. The molecule has 11 nitrogen and oxygen atoms in total. The van der Waals surface area contributed by atoms with Gasteiger partial charge in [-0.05, 0) is 79.3 Å². The molecule has 0 amide bonds. The third kappa shape index (κ3) is 13.8. The molecule has 0 aliphatic carbocycles. The van der Waals surface area contributed by atoms with Gasteiger partial charge in [0.2, 0.25) is 0 Å². The maximum absolute atomic E-state index is 11.3. The highest BCUT2D eigenvalue weighted by Gasteiger charge is 2.56.